The Labute approximate surface area is 130 Å². The van der Waals surface area contributed by atoms with Crippen LogP contribution in [0.15, 0.2) is 24.3 Å². The van der Waals surface area contributed by atoms with Crippen LogP contribution < -0.4 is 20.3 Å². The van der Waals surface area contributed by atoms with Crippen molar-refractivity contribution in [3.05, 3.63) is 24.3 Å². The smallest absolute Gasteiger partial charge is 0.315 e. The topological polar surface area (TPSA) is 70.7 Å². The van der Waals surface area contributed by atoms with Crippen LogP contribution in [0.2, 0.25) is 0 Å². The number of urea groups is 1. The number of nitrogens with zero attached hydrogens (tertiary/aromatic N) is 1. The molecule has 1 atom stereocenters. The van der Waals surface area contributed by atoms with Crippen LogP contribution in [0.4, 0.5) is 10.5 Å². The molecule has 1 heterocycles. The molecule has 1 aromatic carbocycles. The van der Waals surface area contributed by atoms with E-state index in [1.54, 1.807) is 12.0 Å². The lowest BCUT2D eigenvalue weighted by molar-refractivity contribution is -0.117. The lowest BCUT2D eigenvalue weighted by atomic mass is 10.2. The zero-order valence-corrected chi connectivity index (χ0v) is 13.3. The first-order chi connectivity index (χ1) is 10.5. The van der Waals surface area contributed by atoms with E-state index >= 15 is 0 Å². The molecular formula is C16H23N3O3. The van der Waals surface area contributed by atoms with Crippen LogP contribution >= 0.6 is 0 Å². The summed E-state index contributed by atoms with van der Waals surface area (Å²) in [6.07, 6.45) is 0.312. The number of carbonyl (C=O) groups excluding carboxylic acids is 2. The first-order valence-corrected chi connectivity index (χ1v) is 7.48. The summed E-state index contributed by atoms with van der Waals surface area (Å²) in [5.74, 6) is 1.10. The summed E-state index contributed by atoms with van der Waals surface area (Å²) in [4.78, 5) is 25.6. The molecule has 0 bridgehead atoms. The molecule has 0 spiro atoms. The number of nitrogens with one attached hydrogen (secondary N) is 2. The Morgan fingerprint density at radius 3 is 2.91 bits per heavy atom. The summed E-state index contributed by atoms with van der Waals surface area (Å²) >= 11 is 0. The number of benzene rings is 1. The summed E-state index contributed by atoms with van der Waals surface area (Å²) in [5, 5.41) is 5.65. The van der Waals surface area contributed by atoms with Crippen LogP contribution in [-0.2, 0) is 4.79 Å². The van der Waals surface area contributed by atoms with Crippen molar-refractivity contribution in [3.8, 4) is 5.75 Å². The average Bonchev–Trinajstić information content (AvgIpc) is 2.85. The van der Waals surface area contributed by atoms with Gasteiger partial charge in [0.05, 0.1) is 13.2 Å². The number of methoxy groups -OCH3 is 1. The third kappa shape index (κ3) is 4.13. The van der Waals surface area contributed by atoms with E-state index in [0.717, 1.165) is 5.69 Å². The van der Waals surface area contributed by atoms with Gasteiger partial charge in [0.25, 0.3) is 0 Å². The van der Waals surface area contributed by atoms with Crippen LogP contribution in [0.3, 0.4) is 0 Å². The molecule has 3 amide bonds. The Kier molecular flexibility index (Phi) is 5.25. The van der Waals surface area contributed by atoms with Crippen molar-refractivity contribution in [2.75, 3.05) is 25.1 Å². The zero-order valence-electron chi connectivity index (χ0n) is 13.3. The minimum atomic E-state index is -0.223. The van der Waals surface area contributed by atoms with Crippen LogP contribution in [0.5, 0.6) is 5.75 Å². The standard InChI is InChI=1S/C16H23N3O3/c1-11(2)9-17-16(21)18-12-7-15(20)19(10-12)13-5-4-6-14(8-13)22-3/h4-6,8,11-12H,7,9-10H2,1-3H3,(H2,17,18,21). The molecule has 6 nitrogen and oxygen atoms in total. The summed E-state index contributed by atoms with van der Waals surface area (Å²) in [7, 11) is 1.59. The van der Waals surface area contributed by atoms with Gasteiger partial charge in [0.15, 0.2) is 0 Å². The highest BCUT2D eigenvalue weighted by Crippen LogP contribution is 2.25. The molecule has 22 heavy (non-hydrogen) atoms. The van der Waals surface area contributed by atoms with E-state index in [4.69, 9.17) is 4.74 Å². The van der Waals surface area contributed by atoms with Crippen molar-refractivity contribution in [2.45, 2.75) is 26.3 Å². The molecule has 0 radical (unpaired) electrons. The lowest BCUT2D eigenvalue weighted by Crippen LogP contribution is -2.44. The van der Waals surface area contributed by atoms with E-state index in [1.165, 1.54) is 0 Å². The third-order valence-electron chi connectivity index (χ3n) is 3.50. The van der Waals surface area contributed by atoms with Gasteiger partial charge in [0.2, 0.25) is 5.91 Å². The van der Waals surface area contributed by atoms with Crippen molar-refractivity contribution in [2.24, 2.45) is 5.92 Å². The average molecular weight is 305 g/mol. The van der Waals surface area contributed by atoms with Gasteiger partial charge in [-0.05, 0) is 18.1 Å². The Morgan fingerprint density at radius 1 is 1.45 bits per heavy atom. The second-order valence-electron chi connectivity index (χ2n) is 5.86. The second kappa shape index (κ2) is 7.15. The third-order valence-corrected chi connectivity index (χ3v) is 3.50. The van der Waals surface area contributed by atoms with Crippen molar-refractivity contribution >= 4 is 17.6 Å². The van der Waals surface area contributed by atoms with Gasteiger partial charge in [-0.3, -0.25) is 4.79 Å². The number of anilines is 1. The quantitative estimate of drug-likeness (QED) is 0.871. The van der Waals surface area contributed by atoms with Crippen LogP contribution in [-0.4, -0.2) is 38.2 Å². The minimum absolute atomic E-state index is 0.00223. The van der Waals surface area contributed by atoms with Gasteiger partial charge in [0.1, 0.15) is 5.75 Å². The Bertz CT molecular complexity index is 545. The normalized spacial score (nSPS) is 17.7. The first kappa shape index (κ1) is 16.1. The van der Waals surface area contributed by atoms with Crippen molar-refractivity contribution in [1.29, 1.82) is 0 Å². The Morgan fingerprint density at radius 2 is 2.23 bits per heavy atom. The number of carbonyl (C=O) groups is 2. The van der Waals surface area contributed by atoms with Gasteiger partial charge in [-0.25, -0.2) is 4.79 Å². The molecule has 0 saturated carbocycles. The van der Waals surface area contributed by atoms with E-state index in [1.807, 2.05) is 38.1 Å². The molecule has 1 aromatic rings. The summed E-state index contributed by atoms with van der Waals surface area (Å²) in [5.41, 5.74) is 0.788. The van der Waals surface area contributed by atoms with Crippen molar-refractivity contribution in [3.63, 3.8) is 0 Å². The molecule has 2 rings (SSSR count). The monoisotopic (exact) mass is 305 g/mol. The summed E-state index contributed by atoms with van der Waals surface area (Å²) < 4.78 is 5.18. The van der Waals surface area contributed by atoms with Crippen LogP contribution in [0, 0.1) is 5.92 Å². The number of hydrogen-bond acceptors (Lipinski definition) is 3. The van der Waals surface area contributed by atoms with Gasteiger partial charge in [-0.15, -0.1) is 0 Å². The van der Waals surface area contributed by atoms with Crippen molar-refractivity contribution < 1.29 is 14.3 Å². The lowest BCUT2D eigenvalue weighted by Gasteiger charge is -2.18. The van der Waals surface area contributed by atoms with Gasteiger partial charge < -0.3 is 20.3 Å². The highest BCUT2D eigenvalue weighted by Gasteiger charge is 2.31. The van der Waals surface area contributed by atoms with Gasteiger partial charge in [0, 0.05) is 31.3 Å². The molecular weight excluding hydrogens is 282 g/mol. The highest BCUT2D eigenvalue weighted by molar-refractivity contribution is 5.97. The largest absolute Gasteiger partial charge is 0.497 e. The molecule has 120 valence electrons. The highest BCUT2D eigenvalue weighted by atomic mass is 16.5. The number of ether oxygens (including phenoxy) is 1. The van der Waals surface area contributed by atoms with Gasteiger partial charge >= 0.3 is 6.03 Å². The molecule has 1 unspecified atom stereocenters. The number of rotatable bonds is 5. The van der Waals surface area contributed by atoms with Crippen LogP contribution in [0.25, 0.3) is 0 Å². The molecule has 2 N–H and O–H groups in total. The first-order valence-electron chi connectivity index (χ1n) is 7.48. The van der Waals surface area contributed by atoms with E-state index in [-0.39, 0.29) is 18.0 Å². The van der Waals surface area contributed by atoms with E-state index in [2.05, 4.69) is 10.6 Å². The summed E-state index contributed by atoms with van der Waals surface area (Å²) in [6.45, 7) is 5.15. The number of hydrogen-bond donors (Lipinski definition) is 2. The second-order valence-corrected chi connectivity index (χ2v) is 5.86. The fourth-order valence-electron chi connectivity index (χ4n) is 2.37. The van der Waals surface area contributed by atoms with E-state index in [9.17, 15) is 9.59 Å². The SMILES string of the molecule is COc1cccc(N2CC(NC(=O)NCC(C)C)CC2=O)c1. The molecule has 1 aliphatic heterocycles. The predicted molar refractivity (Wildman–Crippen MR) is 85.1 cm³/mol. The van der Waals surface area contributed by atoms with Gasteiger partial charge in [-0.1, -0.05) is 19.9 Å². The van der Waals surface area contributed by atoms with Crippen LogP contribution in [0.1, 0.15) is 20.3 Å². The molecule has 0 aliphatic carbocycles. The zero-order chi connectivity index (χ0) is 16.1. The molecule has 1 aliphatic rings. The predicted octanol–water partition coefficient (Wildman–Crippen LogP) is 1.76. The molecule has 1 fully saturated rings. The molecule has 6 heteroatoms. The minimum Gasteiger partial charge on any atom is -0.497 e. The maximum atomic E-state index is 12.1. The maximum absolute atomic E-state index is 12.1. The van der Waals surface area contributed by atoms with Crippen molar-refractivity contribution in [1.82, 2.24) is 10.6 Å². The van der Waals surface area contributed by atoms with Gasteiger partial charge in [-0.2, -0.15) is 0 Å². The van der Waals surface area contributed by atoms with E-state index < -0.39 is 0 Å². The summed E-state index contributed by atoms with van der Waals surface area (Å²) in [6, 6.07) is 6.96. The fraction of sp³-hybridized carbons (Fsp3) is 0.500. The van der Waals surface area contributed by atoms with E-state index in [0.29, 0.717) is 31.2 Å². The molecule has 0 aromatic heterocycles. The number of amides is 3. The maximum Gasteiger partial charge on any atom is 0.315 e. The molecule has 1 saturated heterocycles. The fourth-order valence-corrected chi connectivity index (χ4v) is 2.37. The Hall–Kier alpha value is -2.24. The Balaban J connectivity index is 1.94.